The quantitative estimate of drug-likeness (QED) is 0.710. The van der Waals surface area contributed by atoms with Crippen molar-refractivity contribution in [2.75, 3.05) is 13.2 Å². The van der Waals surface area contributed by atoms with Gasteiger partial charge in [-0.2, -0.15) is 0 Å². The van der Waals surface area contributed by atoms with E-state index >= 15 is 0 Å². The predicted octanol–water partition coefficient (Wildman–Crippen LogP) is 2.11. The van der Waals surface area contributed by atoms with Gasteiger partial charge in [-0.1, -0.05) is 26.0 Å². The molecule has 18 heavy (non-hydrogen) atoms. The third-order valence-electron chi connectivity index (χ3n) is 5.09. The molecule has 2 aliphatic carbocycles. The summed E-state index contributed by atoms with van der Waals surface area (Å²) in [7, 11) is 0. The fourth-order valence-electron chi connectivity index (χ4n) is 3.27. The van der Waals surface area contributed by atoms with Crippen LogP contribution in [0.2, 0.25) is 0 Å². The van der Waals surface area contributed by atoms with E-state index in [4.69, 9.17) is 0 Å². The molecule has 0 spiro atoms. The van der Waals surface area contributed by atoms with Gasteiger partial charge in [-0.3, -0.25) is 4.79 Å². The number of hydrogen-bond donors (Lipinski definition) is 2. The van der Waals surface area contributed by atoms with Gasteiger partial charge in [0, 0.05) is 17.9 Å². The highest BCUT2D eigenvalue weighted by Crippen LogP contribution is 2.43. The van der Waals surface area contributed by atoms with E-state index in [1.54, 1.807) is 0 Å². The molecule has 2 aliphatic rings. The molecular weight excluding hydrogens is 226 g/mol. The smallest absolute Gasteiger partial charge is 0.223 e. The zero-order valence-corrected chi connectivity index (χ0v) is 11.5. The zero-order chi connectivity index (χ0) is 13.2. The summed E-state index contributed by atoms with van der Waals surface area (Å²) in [6.07, 6.45) is 8.43. The maximum Gasteiger partial charge on any atom is 0.223 e. The van der Waals surface area contributed by atoms with Crippen LogP contribution in [0.5, 0.6) is 0 Å². The topological polar surface area (TPSA) is 49.3 Å². The predicted molar refractivity (Wildman–Crippen MR) is 72.0 cm³/mol. The van der Waals surface area contributed by atoms with Crippen LogP contribution in [-0.4, -0.2) is 24.2 Å². The van der Waals surface area contributed by atoms with E-state index in [9.17, 15) is 9.90 Å². The Kier molecular flexibility index (Phi) is 4.10. The van der Waals surface area contributed by atoms with Crippen LogP contribution in [0.25, 0.3) is 0 Å². The third kappa shape index (κ3) is 2.46. The van der Waals surface area contributed by atoms with Crippen molar-refractivity contribution in [2.24, 2.45) is 23.2 Å². The molecule has 0 aromatic heterocycles. The molecule has 1 saturated carbocycles. The van der Waals surface area contributed by atoms with E-state index in [1.807, 2.05) is 0 Å². The second kappa shape index (κ2) is 5.43. The van der Waals surface area contributed by atoms with Crippen molar-refractivity contribution >= 4 is 5.91 Å². The number of rotatable bonds is 6. The molecule has 3 heteroatoms. The van der Waals surface area contributed by atoms with Gasteiger partial charge in [-0.25, -0.2) is 0 Å². The van der Waals surface area contributed by atoms with Crippen LogP contribution in [0.4, 0.5) is 0 Å². The number of nitrogens with one attached hydrogen (secondary N) is 1. The highest BCUT2D eigenvalue weighted by Gasteiger charge is 2.40. The molecule has 0 aliphatic heterocycles. The molecule has 2 N–H and O–H groups in total. The monoisotopic (exact) mass is 251 g/mol. The Morgan fingerprint density at radius 2 is 2.06 bits per heavy atom. The van der Waals surface area contributed by atoms with Gasteiger partial charge in [0.1, 0.15) is 0 Å². The van der Waals surface area contributed by atoms with Crippen LogP contribution >= 0.6 is 0 Å². The van der Waals surface area contributed by atoms with Crippen molar-refractivity contribution in [3.8, 4) is 0 Å². The summed E-state index contributed by atoms with van der Waals surface area (Å²) in [6, 6.07) is 0. The summed E-state index contributed by atoms with van der Waals surface area (Å²) >= 11 is 0. The number of aliphatic hydroxyl groups excluding tert-OH is 1. The number of carbonyl (C=O) groups is 1. The minimum atomic E-state index is -0.136. The van der Waals surface area contributed by atoms with Crippen molar-refractivity contribution < 1.29 is 9.90 Å². The summed E-state index contributed by atoms with van der Waals surface area (Å²) in [5.41, 5.74) is -0.136. The SMILES string of the molecule is CCC(CC)(CO)CNC(=O)C1CC2C=CC1C2. The van der Waals surface area contributed by atoms with E-state index in [1.165, 1.54) is 0 Å². The lowest BCUT2D eigenvalue weighted by atomic mass is 9.83. The standard InChI is InChI=1S/C15H25NO2/c1-3-15(4-2,10-17)9-16-14(18)13-8-11-5-6-12(13)7-11/h5-6,11-13,17H,3-4,7-10H2,1-2H3,(H,16,18). The summed E-state index contributed by atoms with van der Waals surface area (Å²) in [5, 5.41) is 12.6. The molecule has 3 atom stereocenters. The average molecular weight is 251 g/mol. The fraction of sp³-hybridized carbons (Fsp3) is 0.800. The van der Waals surface area contributed by atoms with Crippen LogP contribution < -0.4 is 5.32 Å². The van der Waals surface area contributed by atoms with Gasteiger partial charge in [-0.05, 0) is 37.5 Å². The van der Waals surface area contributed by atoms with Crippen molar-refractivity contribution in [3.63, 3.8) is 0 Å². The van der Waals surface area contributed by atoms with Crippen LogP contribution in [0.3, 0.4) is 0 Å². The highest BCUT2D eigenvalue weighted by atomic mass is 16.3. The van der Waals surface area contributed by atoms with Crippen molar-refractivity contribution in [1.29, 1.82) is 0 Å². The van der Waals surface area contributed by atoms with E-state index < -0.39 is 0 Å². The van der Waals surface area contributed by atoms with Crippen LogP contribution in [-0.2, 0) is 4.79 Å². The Labute approximate surface area is 110 Å². The fourth-order valence-corrected chi connectivity index (χ4v) is 3.27. The number of aliphatic hydroxyl groups is 1. The van der Waals surface area contributed by atoms with Gasteiger partial charge in [0.05, 0.1) is 6.61 Å². The molecular formula is C15H25NO2. The van der Waals surface area contributed by atoms with E-state index in [0.29, 0.717) is 18.4 Å². The molecule has 0 heterocycles. The van der Waals surface area contributed by atoms with E-state index in [-0.39, 0.29) is 23.8 Å². The van der Waals surface area contributed by atoms with Crippen molar-refractivity contribution in [2.45, 2.75) is 39.5 Å². The summed E-state index contributed by atoms with van der Waals surface area (Å²) in [4.78, 5) is 12.2. The first-order valence-corrected chi connectivity index (χ1v) is 7.21. The lowest BCUT2D eigenvalue weighted by Crippen LogP contribution is -2.42. The number of hydrogen-bond acceptors (Lipinski definition) is 2. The highest BCUT2D eigenvalue weighted by molar-refractivity contribution is 5.80. The van der Waals surface area contributed by atoms with Crippen molar-refractivity contribution in [1.82, 2.24) is 5.32 Å². The largest absolute Gasteiger partial charge is 0.396 e. The summed E-state index contributed by atoms with van der Waals surface area (Å²) < 4.78 is 0. The molecule has 102 valence electrons. The maximum absolute atomic E-state index is 12.2. The number of allylic oxidation sites excluding steroid dienone is 2. The first kappa shape index (κ1) is 13.6. The molecule has 1 amide bonds. The lowest BCUT2D eigenvalue weighted by Gasteiger charge is -2.30. The van der Waals surface area contributed by atoms with Crippen LogP contribution in [0, 0.1) is 23.2 Å². The molecule has 0 aromatic rings. The molecule has 1 fully saturated rings. The van der Waals surface area contributed by atoms with Crippen LogP contribution in [0.15, 0.2) is 12.2 Å². The molecule has 2 bridgehead atoms. The van der Waals surface area contributed by atoms with Gasteiger partial charge in [0.2, 0.25) is 5.91 Å². The minimum Gasteiger partial charge on any atom is -0.396 e. The Morgan fingerprint density at radius 1 is 1.33 bits per heavy atom. The van der Waals surface area contributed by atoms with E-state index in [2.05, 4.69) is 31.3 Å². The molecule has 3 unspecified atom stereocenters. The maximum atomic E-state index is 12.2. The van der Waals surface area contributed by atoms with Gasteiger partial charge >= 0.3 is 0 Å². The van der Waals surface area contributed by atoms with Crippen LogP contribution in [0.1, 0.15) is 39.5 Å². The normalized spacial score (nSPS) is 29.8. The second-order valence-electron chi connectivity index (χ2n) is 5.97. The van der Waals surface area contributed by atoms with Gasteiger partial charge in [0.15, 0.2) is 0 Å². The molecule has 0 saturated heterocycles. The summed E-state index contributed by atoms with van der Waals surface area (Å²) in [6.45, 7) is 4.90. The van der Waals surface area contributed by atoms with E-state index in [0.717, 1.165) is 25.7 Å². The Hall–Kier alpha value is -0.830. The zero-order valence-electron chi connectivity index (χ0n) is 11.5. The molecule has 0 radical (unpaired) electrons. The molecule has 3 nitrogen and oxygen atoms in total. The van der Waals surface area contributed by atoms with Gasteiger partial charge in [0.25, 0.3) is 0 Å². The number of fused-ring (bicyclic) bond motifs is 2. The van der Waals surface area contributed by atoms with Crippen molar-refractivity contribution in [3.05, 3.63) is 12.2 Å². The first-order valence-electron chi connectivity index (χ1n) is 7.21. The first-order chi connectivity index (χ1) is 8.64. The Balaban J connectivity index is 1.86. The number of amides is 1. The summed E-state index contributed by atoms with van der Waals surface area (Å²) in [5.74, 6) is 1.45. The molecule has 2 rings (SSSR count). The van der Waals surface area contributed by atoms with Gasteiger partial charge < -0.3 is 10.4 Å². The third-order valence-corrected chi connectivity index (χ3v) is 5.09. The minimum absolute atomic E-state index is 0.136. The Bertz CT molecular complexity index is 325. The second-order valence-corrected chi connectivity index (χ2v) is 5.97. The average Bonchev–Trinajstić information content (AvgIpc) is 3.03. The van der Waals surface area contributed by atoms with Gasteiger partial charge in [-0.15, -0.1) is 0 Å². The Morgan fingerprint density at radius 3 is 2.50 bits per heavy atom. The molecule has 0 aromatic carbocycles. The lowest BCUT2D eigenvalue weighted by molar-refractivity contribution is -0.126. The number of carbonyl (C=O) groups excluding carboxylic acids is 1.